The number of nitrogens with zero attached hydrogens (tertiary/aromatic N) is 5. The third kappa shape index (κ3) is 4.15. The van der Waals surface area contributed by atoms with Crippen molar-refractivity contribution in [2.75, 3.05) is 0 Å². The highest BCUT2D eigenvalue weighted by atomic mass is 35.5. The van der Waals surface area contributed by atoms with Crippen molar-refractivity contribution < 1.29 is 9.18 Å². The van der Waals surface area contributed by atoms with E-state index in [-0.39, 0.29) is 5.56 Å². The molecule has 0 saturated heterocycles. The van der Waals surface area contributed by atoms with E-state index in [1.807, 2.05) is 12.1 Å². The van der Waals surface area contributed by atoms with E-state index in [2.05, 4.69) is 20.7 Å². The minimum atomic E-state index is -0.492. The second-order valence-electron chi connectivity index (χ2n) is 5.46. The van der Waals surface area contributed by atoms with E-state index in [1.54, 1.807) is 36.1 Å². The number of rotatable bonds is 6. The number of aryl methyl sites for hydroxylation is 1. The summed E-state index contributed by atoms with van der Waals surface area (Å²) in [7, 11) is 0. The third-order valence-electron chi connectivity index (χ3n) is 3.63. The van der Waals surface area contributed by atoms with Gasteiger partial charge in [0.2, 0.25) is 5.95 Å². The lowest BCUT2D eigenvalue weighted by Gasteiger charge is -2.04. The molecule has 26 heavy (non-hydrogen) atoms. The zero-order valence-electron chi connectivity index (χ0n) is 13.9. The van der Waals surface area contributed by atoms with Gasteiger partial charge in [-0.15, -0.1) is 0 Å². The molecule has 0 fully saturated rings. The highest BCUT2D eigenvalue weighted by molar-refractivity contribution is 6.30. The van der Waals surface area contributed by atoms with Crippen LogP contribution < -0.4 is 5.43 Å². The Morgan fingerprint density at radius 2 is 2.08 bits per heavy atom. The minimum absolute atomic E-state index is 0.209. The summed E-state index contributed by atoms with van der Waals surface area (Å²) in [5, 5.41) is 12.3. The summed E-state index contributed by atoms with van der Waals surface area (Å²) in [6.07, 6.45) is 5.86. The van der Waals surface area contributed by atoms with Crippen LogP contribution in [0.15, 0.2) is 48.0 Å². The molecule has 3 rings (SSSR count). The second kappa shape index (κ2) is 7.92. The molecule has 0 aliphatic heterocycles. The van der Waals surface area contributed by atoms with E-state index in [0.29, 0.717) is 23.7 Å². The Balaban J connectivity index is 1.59. The number of aromatic nitrogens is 4. The van der Waals surface area contributed by atoms with E-state index in [0.717, 1.165) is 5.56 Å². The number of hydrazone groups is 1. The van der Waals surface area contributed by atoms with Gasteiger partial charge in [0.25, 0.3) is 5.91 Å². The third-order valence-corrected chi connectivity index (χ3v) is 3.83. The summed E-state index contributed by atoms with van der Waals surface area (Å²) in [6, 6.07) is 7.00. The van der Waals surface area contributed by atoms with Crippen LogP contribution in [0.2, 0.25) is 5.02 Å². The number of carbonyl (C=O) groups excluding carboxylic acids is 1. The molecule has 9 heteroatoms. The fourth-order valence-corrected chi connectivity index (χ4v) is 2.45. The van der Waals surface area contributed by atoms with E-state index in [4.69, 9.17) is 11.6 Å². The summed E-state index contributed by atoms with van der Waals surface area (Å²) in [5.41, 5.74) is 3.99. The summed E-state index contributed by atoms with van der Waals surface area (Å²) in [4.78, 5) is 12.1. The Hall–Kier alpha value is -3.00. The Bertz CT molecular complexity index is 931. The lowest BCUT2D eigenvalue weighted by atomic mass is 10.1. The van der Waals surface area contributed by atoms with Crippen molar-refractivity contribution >= 4 is 23.7 Å². The van der Waals surface area contributed by atoms with Crippen LogP contribution in [0.25, 0.3) is 0 Å². The smallest absolute Gasteiger partial charge is 0.267 e. The lowest BCUT2D eigenvalue weighted by Crippen LogP contribution is -2.17. The average molecular weight is 375 g/mol. The van der Waals surface area contributed by atoms with E-state index in [1.165, 1.54) is 17.1 Å². The van der Waals surface area contributed by atoms with Gasteiger partial charge in [0.15, 0.2) is 0 Å². The lowest BCUT2D eigenvalue weighted by molar-refractivity contribution is 0.0955. The predicted molar refractivity (Wildman–Crippen MR) is 95.7 cm³/mol. The maximum absolute atomic E-state index is 13.8. The first-order valence-electron chi connectivity index (χ1n) is 7.88. The number of nitrogens with one attached hydrogen (secondary N) is 1. The first-order chi connectivity index (χ1) is 12.6. The summed E-state index contributed by atoms with van der Waals surface area (Å²) >= 11 is 5.83. The van der Waals surface area contributed by atoms with Crippen molar-refractivity contribution in [1.29, 1.82) is 0 Å². The number of carbonyl (C=O) groups is 1. The number of amides is 1. The highest BCUT2D eigenvalue weighted by Gasteiger charge is 2.08. The van der Waals surface area contributed by atoms with Gasteiger partial charge in [0.1, 0.15) is 0 Å². The summed E-state index contributed by atoms with van der Waals surface area (Å²) in [5.74, 6) is -0.883. The Kier molecular flexibility index (Phi) is 5.43. The van der Waals surface area contributed by atoms with Crippen LogP contribution in [0, 0.1) is 5.95 Å². The monoisotopic (exact) mass is 374 g/mol. The second-order valence-corrected chi connectivity index (χ2v) is 5.90. The topological polar surface area (TPSA) is 77.1 Å². The molecule has 0 bridgehead atoms. The standard InChI is InChI=1S/C17H16ClFN6O/c1-2-25-16(19)14(8-22-25)7-20-23-17(26)13-5-3-12(4-6-13)10-24-11-15(18)9-21-24/h3-9,11H,2,10H2,1H3,(H,23,26)/b20-7+. The molecule has 1 aromatic carbocycles. The molecule has 1 N–H and O–H groups in total. The van der Waals surface area contributed by atoms with E-state index in [9.17, 15) is 9.18 Å². The molecule has 2 aromatic heterocycles. The fourth-order valence-electron chi connectivity index (χ4n) is 2.29. The molecule has 0 aliphatic rings. The predicted octanol–water partition coefficient (Wildman–Crippen LogP) is 2.70. The molecule has 0 radical (unpaired) electrons. The average Bonchev–Trinajstić information content (AvgIpc) is 3.21. The maximum Gasteiger partial charge on any atom is 0.271 e. The zero-order chi connectivity index (χ0) is 18.5. The van der Waals surface area contributed by atoms with Gasteiger partial charge in [-0.25, -0.2) is 10.1 Å². The molecule has 0 unspecified atom stereocenters. The Morgan fingerprint density at radius 1 is 1.31 bits per heavy atom. The van der Waals surface area contributed by atoms with Crippen LogP contribution >= 0.6 is 11.6 Å². The maximum atomic E-state index is 13.8. The number of benzene rings is 1. The van der Waals surface area contributed by atoms with Gasteiger partial charge in [0.05, 0.1) is 35.7 Å². The van der Waals surface area contributed by atoms with Gasteiger partial charge >= 0.3 is 0 Å². The SMILES string of the molecule is CCn1ncc(/C=N/NC(=O)c2ccc(Cn3cc(Cl)cn3)cc2)c1F. The van der Waals surface area contributed by atoms with Crippen LogP contribution in [0.1, 0.15) is 28.4 Å². The number of hydrogen-bond acceptors (Lipinski definition) is 4. The number of halogens is 2. The molecule has 134 valence electrons. The van der Waals surface area contributed by atoms with Gasteiger partial charge in [0, 0.05) is 18.3 Å². The van der Waals surface area contributed by atoms with Crippen molar-refractivity contribution in [3.63, 3.8) is 0 Å². The highest BCUT2D eigenvalue weighted by Crippen LogP contribution is 2.09. The van der Waals surface area contributed by atoms with Crippen LogP contribution in [-0.2, 0) is 13.1 Å². The molecule has 0 spiro atoms. The van der Waals surface area contributed by atoms with Crippen LogP contribution in [0.5, 0.6) is 0 Å². The molecule has 2 heterocycles. The largest absolute Gasteiger partial charge is 0.271 e. The molecule has 0 aliphatic carbocycles. The van der Waals surface area contributed by atoms with Gasteiger partial charge in [-0.05, 0) is 24.6 Å². The molecular formula is C17H16ClFN6O. The molecule has 3 aromatic rings. The Labute approximate surface area is 154 Å². The van der Waals surface area contributed by atoms with E-state index < -0.39 is 11.9 Å². The molecule has 0 saturated carbocycles. The fraction of sp³-hybridized carbons (Fsp3) is 0.176. The Morgan fingerprint density at radius 3 is 2.69 bits per heavy atom. The van der Waals surface area contributed by atoms with E-state index >= 15 is 0 Å². The van der Waals surface area contributed by atoms with Crippen molar-refractivity contribution in [2.45, 2.75) is 20.0 Å². The zero-order valence-corrected chi connectivity index (χ0v) is 14.7. The molecular weight excluding hydrogens is 359 g/mol. The molecule has 1 amide bonds. The quantitative estimate of drug-likeness (QED) is 0.532. The van der Waals surface area contributed by atoms with Gasteiger partial charge in [-0.1, -0.05) is 23.7 Å². The molecule has 7 nitrogen and oxygen atoms in total. The van der Waals surface area contributed by atoms with Crippen LogP contribution in [-0.4, -0.2) is 31.7 Å². The molecule has 0 atom stereocenters. The van der Waals surface area contributed by atoms with Crippen molar-refractivity contribution in [3.8, 4) is 0 Å². The van der Waals surface area contributed by atoms with Gasteiger partial charge in [-0.3, -0.25) is 9.48 Å². The van der Waals surface area contributed by atoms with Gasteiger partial charge in [-0.2, -0.15) is 19.7 Å². The normalized spacial score (nSPS) is 11.2. The van der Waals surface area contributed by atoms with Crippen LogP contribution in [0.4, 0.5) is 4.39 Å². The van der Waals surface area contributed by atoms with Crippen molar-refractivity contribution in [3.05, 3.63) is 70.5 Å². The van der Waals surface area contributed by atoms with Crippen molar-refractivity contribution in [2.24, 2.45) is 5.10 Å². The number of hydrogen-bond donors (Lipinski definition) is 1. The van der Waals surface area contributed by atoms with Crippen LogP contribution in [0.3, 0.4) is 0 Å². The minimum Gasteiger partial charge on any atom is -0.267 e. The summed E-state index contributed by atoms with van der Waals surface area (Å²) < 4.78 is 16.7. The van der Waals surface area contributed by atoms with Crippen molar-refractivity contribution in [1.82, 2.24) is 25.0 Å². The first kappa shape index (κ1) is 17.8. The van der Waals surface area contributed by atoms with Gasteiger partial charge < -0.3 is 0 Å². The first-order valence-corrected chi connectivity index (χ1v) is 8.26. The summed E-state index contributed by atoms with van der Waals surface area (Å²) in [6.45, 7) is 2.75.